The summed E-state index contributed by atoms with van der Waals surface area (Å²) in [5, 5.41) is 7.29. The van der Waals surface area contributed by atoms with E-state index in [0.29, 0.717) is 12.3 Å². The van der Waals surface area contributed by atoms with E-state index in [9.17, 15) is 0 Å². The summed E-state index contributed by atoms with van der Waals surface area (Å²) in [5.74, 6) is 0. The molecular weight excluding hydrogens is 112 g/mol. The van der Waals surface area contributed by atoms with Crippen molar-refractivity contribution in [3.05, 3.63) is 11.1 Å². The van der Waals surface area contributed by atoms with Crippen molar-refractivity contribution in [2.24, 2.45) is 5.73 Å². The standard InChI is InChI=1S/C7H14N2/c1-5(2)6(3)7(9)4-8/h9H,4,8H2,1-3H3. The van der Waals surface area contributed by atoms with E-state index in [2.05, 4.69) is 0 Å². The molecule has 0 heterocycles. The number of hydrogen-bond donors (Lipinski definition) is 2. The normalized spacial score (nSPS) is 8.89. The van der Waals surface area contributed by atoms with Gasteiger partial charge >= 0.3 is 0 Å². The summed E-state index contributed by atoms with van der Waals surface area (Å²) in [5.41, 5.74) is 7.97. The molecule has 0 aliphatic carbocycles. The van der Waals surface area contributed by atoms with Gasteiger partial charge in [-0.05, 0) is 26.3 Å². The molecule has 3 N–H and O–H groups in total. The predicted octanol–water partition coefficient (Wildman–Crippen LogP) is 1.32. The fourth-order valence-corrected chi connectivity index (χ4v) is 0.455. The van der Waals surface area contributed by atoms with Gasteiger partial charge in [0.2, 0.25) is 0 Å². The highest BCUT2D eigenvalue weighted by atomic mass is 14.6. The quantitative estimate of drug-likeness (QED) is 0.539. The van der Waals surface area contributed by atoms with Crippen LogP contribution in [0.3, 0.4) is 0 Å². The second-order valence-electron chi connectivity index (χ2n) is 2.31. The molecular formula is C7H14N2. The Morgan fingerprint density at radius 3 is 1.89 bits per heavy atom. The Kier molecular flexibility index (Phi) is 3.17. The Morgan fingerprint density at radius 2 is 1.78 bits per heavy atom. The molecule has 0 bridgehead atoms. The molecule has 0 amide bonds. The maximum Gasteiger partial charge on any atom is 0.0478 e. The lowest BCUT2D eigenvalue weighted by molar-refractivity contribution is 1.21. The number of allylic oxidation sites excluding steroid dienone is 1. The minimum atomic E-state index is 0.344. The van der Waals surface area contributed by atoms with Crippen LogP contribution in [-0.4, -0.2) is 12.3 Å². The van der Waals surface area contributed by atoms with Crippen LogP contribution in [0.5, 0.6) is 0 Å². The molecule has 2 heteroatoms. The summed E-state index contributed by atoms with van der Waals surface area (Å²) in [6, 6.07) is 0. The van der Waals surface area contributed by atoms with Gasteiger partial charge in [0.1, 0.15) is 0 Å². The van der Waals surface area contributed by atoms with Gasteiger partial charge in [0.15, 0.2) is 0 Å². The minimum absolute atomic E-state index is 0.344. The second kappa shape index (κ2) is 3.41. The largest absolute Gasteiger partial charge is 0.325 e. The van der Waals surface area contributed by atoms with Gasteiger partial charge in [0.25, 0.3) is 0 Å². The van der Waals surface area contributed by atoms with Crippen LogP contribution >= 0.6 is 0 Å². The van der Waals surface area contributed by atoms with Crippen molar-refractivity contribution in [1.82, 2.24) is 0 Å². The molecule has 52 valence electrons. The average Bonchev–Trinajstić information content (AvgIpc) is 1.84. The van der Waals surface area contributed by atoms with Gasteiger partial charge in [-0.3, -0.25) is 0 Å². The SMILES string of the molecule is CC(C)=C(C)C(=N)CN. The number of rotatable bonds is 2. The number of nitrogens with one attached hydrogen (secondary N) is 1. The van der Waals surface area contributed by atoms with E-state index < -0.39 is 0 Å². The summed E-state index contributed by atoms with van der Waals surface area (Å²) >= 11 is 0. The van der Waals surface area contributed by atoms with E-state index in [4.69, 9.17) is 11.1 Å². The molecule has 0 saturated carbocycles. The molecule has 0 aliphatic rings. The van der Waals surface area contributed by atoms with Crippen LogP contribution < -0.4 is 5.73 Å². The third-order valence-electron chi connectivity index (χ3n) is 1.41. The fourth-order valence-electron chi connectivity index (χ4n) is 0.455. The smallest absolute Gasteiger partial charge is 0.0478 e. The predicted molar refractivity (Wildman–Crippen MR) is 40.8 cm³/mol. The third kappa shape index (κ3) is 2.42. The first kappa shape index (κ1) is 8.37. The van der Waals surface area contributed by atoms with E-state index in [-0.39, 0.29) is 0 Å². The Bertz CT molecular complexity index is 141. The van der Waals surface area contributed by atoms with E-state index >= 15 is 0 Å². The van der Waals surface area contributed by atoms with E-state index in [1.807, 2.05) is 20.8 Å². The van der Waals surface area contributed by atoms with Crippen LogP contribution in [0.25, 0.3) is 0 Å². The Morgan fingerprint density at radius 1 is 1.33 bits per heavy atom. The highest BCUT2D eigenvalue weighted by Crippen LogP contribution is 2.01. The van der Waals surface area contributed by atoms with Crippen LogP contribution in [-0.2, 0) is 0 Å². The van der Waals surface area contributed by atoms with Gasteiger partial charge < -0.3 is 11.1 Å². The first-order valence-corrected chi connectivity index (χ1v) is 3.01. The lowest BCUT2D eigenvalue weighted by Crippen LogP contribution is -2.13. The van der Waals surface area contributed by atoms with Crippen LogP contribution in [0.15, 0.2) is 11.1 Å². The number of nitrogens with two attached hydrogens (primary N) is 1. The van der Waals surface area contributed by atoms with E-state index in [1.54, 1.807) is 0 Å². The Labute approximate surface area is 56.3 Å². The highest BCUT2D eigenvalue weighted by molar-refractivity contribution is 5.99. The molecule has 0 fully saturated rings. The monoisotopic (exact) mass is 126 g/mol. The Hall–Kier alpha value is -0.630. The molecule has 0 aromatic rings. The van der Waals surface area contributed by atoms with Gasteiger partial charge in [0, 0.05) is 12.3 Å². The maximum absolute atomic E-state index is 7.29. The summed E-state index contributed by atoms with van der Waals surface area (Å²) in [4.78, 5) is 0. The first-order chi connectivity index (χ1) is 4.09. The van der Waals surface area contributed by atoms with Gasteiger partial charge in [-0.25, -0.2) is 0 Å². The fraction of sp³-hybridized carbons (Fsp3) is 0.571. The molecule has 0 aliphatic heterocycles. The molecule has 0 aromatic carbocycles. The Balaban J connectivity index is 4.21. The average molecular weight is 126 g/mol. The number of hydrogen-bond acceptors (Lipinski definition) is 2. The summed E-state index contributed by atoms with van der Waals surface area (Å²) in [7, 11) is 0. The van der Waals surface area contributed by atoms with Crippen molar-refractivity contribution in [2.75, 3.05) is 6.54 Å². The topological polar surface area (TPSA) is 49.9 Å². The van der Waals surface area contributed by atoms with Crippen molar-refractivity contribution in [3.8, 4) is 0 Å². The molecule has 0 unspecified atom stereocenters. The van der Waals surface area contributed by atoms with Crippen LogP contribution in [0.1, 0.15) is 20.8 Å². The van der Waals surface area contributed by atoms with Crippen molar-refractivity contribution in [1.29, 1.82) is 5.41 Å². The zero-order valence-electron chi connectivity index (χ0n) is 6.28. The summed E-state index contributed by atoms with van der Waals surface area (Å²) < 4.78 is 0. The van der Waals surface area contributed by atoms with Crippen molar-refractivity contribution >= 4 is 5.71 Å². The maximum atomic E-state index is 7.29. The molecule has 0 atom stereocenters. The first-order valence-electron chi connectivity index (χ1n) is 3.01. The molecule has 0 rings (SSSR count). The van der Waals surface area contributed by atoms with Crippen molar-refractivity contribution < 1.29 is 0 Å². The lowest BCUT2D eigenvalue weighted by atomic mass is 10.1. The van der Waals surface area contributed by atoms with Crippen molar-refractivity contribution in [3.63, 3.8) is 0 Å². The molecule has 0 saturated heterocycles. The third-order valence-corrected chi connectivity index (χ3v) is 1.41. The van der Waals surface area contributed by atoms with Gasteiger partial charge in [-0.15, -0.1) is 0 Å². The molecule has 0 spiro atoms. The zero-order chi connectivity index (χ0) is 7.44. The molecule has 0 radical (unpaired) electrons. The molecule has 0 aromatic heterocycles. The van der Waals surface area contributed by atoms with Crippen LogP contribution in [0.4, 0.5) is 0 Å². The van der Waals surface area contributed by atoms with E-state index in [1.165, 1.54) is 5.57 Å². The van der Waals surface area contributed by atoms with Crippen LogP contribution in [0.2, 0.25) is 0 Å². The molecule has 9 heavy (non-hydrogen) atoms. The minimum Gasteiger partial charge on any atom is -0.325 e. The second-order valence-corrected chi connectivity index (χ2v) is 2.31. The molecule has 2 nitrogen and oxygen atoms in total. The van der Waals surface area contributed by atoms with Crippen LogP contribution in [0, 0.1) is 5.41 Å². The summed E-state index contributed by atoms with van der Waals surface area (Å²) in [6.45, 7) is 6.24. The van der Waals surface area contributed by atoms with Gasteiger partial charge in [-0.1, -0.05) is 5.57 Å². The summed E-state index contributed by atoms with van der Waals surface area (Å²) in [6.07, 6.45) is 0. The zero-order valence-corrected chi connectivity index (χ0v) is 6.28. The van der Waals surface area contributed by atoms with Gasteiger partial charge in [-0.2, -0.15) is 0 Å². The highest BCUT2D eigenvalue weighted by Gasteiger charge is 1.96. The van der Waals surface area contributed by atoms with E-state index in [0.717, 1.165) is 5.57 Å². The van der Waals surface area contributed by atoms with Gasteiger partial charge in [0.05, 0.1) is 0 Å². The lowest BCUT2D eigenvalue weighted by Gasteiger charge is -2.01. The van der Waals surface area contributed by atoms with Crippen molar-refractivity contribution in [2.45, 2.75) is 20.8 Å².